The summed E-state index contributed by atoms with van der Waals surface area (Å²) in [6.07, 6.45) is 0.0493. The SMILES string of the molecule is CC(C)(C)OC(=O)COCCc1c(F)cc(Br)cc1F. The molecule has 0 aliphatic rings. The normalized spacial score (nSPS) is 11.5. The first-order valence-corrected chi connectivity index (χ1v) is 6.91. The van der Waals surface area contributed by atoms with Crippen LogP contribution in [-0.2, 0) is 20.7 Å². The number of rotatable bonds is 5. The van der Waals surface area contributed by atoms with Crippen LogP contribution in [0.25, 0.3) is 0 Å². The molecule has 112 valence electrons. The van der Waals surface area contributed by atoms with Crippen molar-refractivity contribution >= 4 is 21.9 Å². The Kier molecular flexibility index (Phi) is 6.07. The Morgan fingerprint density at radius 1 is 1.25 bits per heavy atom. The number of halogens is 3. The Balaban J connectivity index is 2.41. The highest BCUT2D eigenvalue weighted by Gasteiger charge is 2.16. The number of carbonyl (C=O) groups is 1. The van der Waals surface area contributed by atoms with Gasteiger partial charge in [-0.05, 0) is 32.9 Å². The van der Waals surface area contributed by atoms with Crippen molar-refractivity contribution in [2.24, 2.45) is 0 Å². The van der Waals surface area contributed by atoms with E-state index < -0.39 is 23.2 Å². The zero-order valence-electron chi connectivity index (χ0n) is 11.6. The van der Waals surface area contributed by atoms with Crippen molar-refractivity contribution in [2.45, 2.75) is 32.8 Å². The first-order valence-electron chi connectivity index (χ1n) is 6.12. The van der Waals surface area contributed by atoms with Gasteiger partial charge >= 0.3 is 5.97 Å². The molecule has 0 aliphatic heterocycles. The molecule has 20 heavy (non-hydrogen) atoms. The lowest BCUT2D eigenvalue weighted by atomic mass is 10.1. The third-order valence-corrected chi connectivity index (χ3v) is 2.70. The minimum atomic E-state index is -0.641. The molecule has 6 heteroatoms. The summed E-state index contributed by atoms with van der Waals surface area (Å²) in [5, 5.41) is 0. The van der Waals surface area contributed by atoms with Gasteiger partial charge in [0.05, 0.1) is 6.61 Å². The van der Waals surface area contributed by atoms with Gasteiger partial charge in [0, 0.05) is 16.5 Å². The van der Waals surface area contributed by atoms with Gasteiger partial charge in [-0.2, -0.15) is 0 Å². The highest BCUT2D eigenvalue weighted by atomic mass is 79.9. The first-order chi connectivity index (χ1) is 9.19. The average molecular weight is 351 g/mol. The van der Waals surface area contributed by atoms with Crippen molar-refractivity contribution in [3.8, 4) is 0 Å². The first kappa shape index (κ1) is 17.0. The summed E-state index contributed by atoms with van der Waals surface area (Å²) in [6, 6.07) is 2.37. The largest absolute Gasteiger partial charge is 0.458 e. The number of benzene rings is 1. The Labute approximate surface area is 125 Å². The van der Waals surface area contributed by atoms with Gasteiger partial charge in [-0.1, -0.05) is 15.9 Å². The highest BCUT2D eigenvalue weighted by Crippen LogP contribution is 2.19. The van der Waals surface area contributed by atoms with Crippen molar-refractivity contribution < 1.29 is 23.0 Å². The zero-order valence-corrected chi connectivity index (χ0v) is 13.2. The molecule has 0 fully saturated rings. The molecule has 1 aromatic rings. The Hall–Kier alpha value is -1.01. The van der Waals surface area contributed by atoms with E-state index in [0.29, 0.717) is 4.47 Å². The molecule has 0 amide bonds. The lowest BCUT2D eigenvalue weighted by molar-refractivity contribution is -0.160. The second-order valence-corrected chi connectivity index (χ2v) is 6.15. The molecule has 0 radical (unpaired) electrons. The molecular weight excluding hydrogens is 334 g/mol. The van der Waals surface area contributed by atoms with Crippen molar-refractivity contribution in [1.29, 1.82) is 0 Å². The molecular formula is C14H17BrF2O3. The number of esters is 1. The molecule has 3 nitrogen and oxygen atoms in total. The van der Waals surface area contributed by atoms with Gasteiger partial charge in [-0.15, -0.1) is 0 Å². The van der Waals surface area contributed by atoms with E-state index in [2.05, 4.69) is 15.9 Å². The van der Waals surface area contributed by atoms with Gasteiger partial charge in [-0.25, -0.2) is 13.6 Å². The number of ether oxygens (including phenoxy) is 2. The van der Waals surface area contributed by atoms with Gasteiger partial charge in [0.25, 0.3) is 0 Å². The van der Waals surface area contributed by atoms with E-state index in [1.54, 1.807) is 20.8 Å². The van der Waals surface area contributed by atoms with Crippen LogP contribution >= 0.6 is 15.9 Å². The van der Waals surface area contributed by atoms with Gasteiger partial charge in [-0.3, -0.25) is 0 Å². The van der Waals surface area contributed by atoms with Gasteiger partial charge in [0.1, 0.15) is 23.8 Å². The smallest absolute Gasteiger partial charge is 0.332 e. The van der Waals surface area contributed by atoms with Crippen LogP contribution in [0, 0.1) is 11.6 Å². The Bertz CT molecular complexity index is 461. The number of hydrogen-bond donors (Lipinski definition) is 0. The van der Waals surface area contributed by atoms with Crippen LogP contribution in [0.2, 0.25) is 0 Å². The maximum atomic E-state index is 13.5. The fourth-order valence-electron chi connectivity index (χ4n) is 1.51. The molecule has 0 spiro atoms. The Morgan fingerprint density at radius 2 is 1.80 bits per heavy atom. The van der Waals surface area contributed by atoms with Gasteiger partial charge in [0.15, 0.2) is 0 Å². The molecule has 0 bridgehead atoms. The molecule has 0 N–H and O–H groups in total. The predicted molar refractivity (Wildman–Crippen MR) is 74.4 cm³/mol. The van der Waals surface area contributed by atoms with E-state index in [1.165, 1.54) is 12.1 Å². The van der Waals surface area contributed by atoms with Gasteiger partial charge < -0.3 is 9.47 Å². The van der Waals surface area contributed by atoms with E-state index >= 15 is 0 Å². The summed E-state index contributed by atoms with van der Waals surface area (Å²) in [6.45, 7) is 5.04. The molecule has 0 heterocycles. The fourth-order valence-corrected chi connectivity index (χ4v) is 1.91. The van der Waals surface area contributed by atoms with E-state index in [4.69, 9.17) is 9.47 Å². The monoisotopic (exact) mass is 350 g/mol. The number of hydrogen-bond acceptors (Lipinski definition) is 3. The highest BCUT2D eigenvalue weighted by molar-refractivity contribution is 9.10. The van der Waals surface area contributed by atoms with Crippen LogP contribution in [0.1, 0.15) is 26.3 Å². The van der Waals surface area contributed by atoms with E-state index in [1.807, 2.05) is 0 Å². The second-order valence-electron chi connectivity index (χ2n) is 5.24. The van der Waals surface area contributed by atoms with E-state index in [0.717, 1.165) is 0 Å². The standard InChI is InChI=1S/C14H17BrF2O3/c1-14(2,3)20-13(18)8-19-5-4-10-11(16)6-9(15)7-12(10)17/h6-7H,4-5,8H2,1-3H3. The van der Waals surface area contributed by atoms with Crippen molar-refractivity contribution in [3.05, 3.63) is 33.8 Å². The molecule has 0 saturated carbocycles. The van der Waals surface area contributed by atoms with Crippen LogP contribution in [0.5, 0.6) is 0 Å². The van der Waals surface area contributed by atoms with Crippen LogP contribution in [-0.4, -0.2) is 24.8 Å². The van der Waals surface area contributed by atoms with Crippen molar-refractivity contribution in [1.82, 2.24) is 0 Å². The zero-order chi connectivity index (χ0) is 15.3. The van der Waals surface area contributed by atoms with Crippen molar-refractivity contribution in [3.63, 3.8) is 0 Å². The molecule has 0 unspecified atom stereocenters. The molecule has 1 aromatic carbocycles. The summed E-state index contributed by atoms with van der Waals surface area (Å²) >= 11 is 3.00. The molecule has 0 saturated heterocycles. The molecule has 0 aliphatic carbocycles. The van der Waals surface area contributed by atoms with E-state index in [9.17, 15) is 13.6 Å². The maximum absolute atomic E-state index is 13.5. The minimum absolute atomic E-state index is 0.0364. The van der Waals surface area contributed by atoms with E-state index in [-0.39, 0.29) is 25.2 Å². The van der Waals surface area contributed by atoms with Crippen molar-refractivity contribution in [2.75, 3.05) is 13.2 Å². The minimum Gasteiger partial charge on any atom is -0.458 e. The summed E-state index contributed by atoms with van der Waals surface area (Å²) in [7, 11) is 0. The lowest BCUT2D eigenvalue weighted by Gasteiger charge is -2.19. The van der Waals surface area contributed by atoms with Crippen LogP contribution in [0.3, 0.4) is 0 Å². The third-order valence-electron chi connectivity index (χ3n) is 2.24. The summed E-state index contributed by atoms with van der Waals surface area (Å²) < 4.78 is 37.4. The van der Waals surface area contributed by atoms with Gasteiger partial charge in [0.2, 0.25) is 0 Å². The third kappa shape index (κ3) is 5.96. The topological polar surface area (TPSA) is 35.5 Å². The number of carbonyl (C=O) groups excluding carboxylic acids is 1. The van der Waals surface area contributed by atoms with Crippen LogP contribution in [0.4, 0.5) is 8.78 Å². The van der Waals surface area contributed by atoms with Crippen LogP contribution in [0.15, 0.2) is 16.6 Å². The molecule has 0 atom stereocenters. The lowest BCUT2D eigenvalue weighted by Crippen LogP contribution is -2.26. The Morgan fingerprint density at radius 3 is 2.30 bits per heavy atom. The fraction of sp³-hybridized carbons (Fsp3) is 0.500. The second kappa shape index (κ2) is 7.13. The molecule has 1 rings (SSSR count). The summed E-state index contributed by atoms with van der Waals surface area (Å²) in [5.41, 5.74) is -0.637. The predicted octanol–water partition coefficient (Wildman–Crippen LogP) is 3.63. The maximum Gasteiger partial charge on any atom is 0.332 e. The summed E-state index contributed by atoms with van der Waals surface area (Å²) in [4.78, 5) is 11.3. The molecule has 0 aromatic heterocycles. The van der Waals surface area contributed by atoms with Crippen LogP contribution < -0.4 is 0 Å². The summed E-state index contributed by atoms with van der Waals surface area (Å²) in [5.74, 6) is -1.79. The average Bonchev–Trinajstić information content (AvgIpc) is 2.23. The quantitative estimate of drug-likeness (QED) is 0.600.